The van der Waals surface area contributed by atoms with Crippen molar-refractivity contribution in [3.63, 3.8) is 0 Å². The van der Waals surface area contributed by atoms with Crippen molar-refractivity contribution in [3.05, 3.63) is 0 Å². The van der Waals surface area contributed by atoms with Crippen molar-refractivity contribution in [2.45, 2.75) is 35.3 Å². The molecule has 0 aromatic heterocycles. The molecule has 3 fully saturated rings. The zero-order chi connectivity index (χ0) is 9.10. The number of rotatable bonds is 0. The van der Waals surface area contributed by atoms with Crippen LogP contribution in [0.5, 0.6) is 0 Å². The third kappa shape index (κ3) is 1.10. The second-order valence-electron chi connectivity index (χ2n) is 4.99. The van der Waals surface area contributed by atoms with E-state index in [1.165, 1.54) is 37.2 Å². The van der Waals surface area contributed by atoms with Crippen LogP contribution in [0.3, 0.4) is 0 Å². The summed E-state index contributed by atoms with van der Waals surface area (Å²) in [5.74, 6) is 2.88. The van der Waals surface area contributed by atoms with Gasteiger partial charge in [-0.2, -0.15) is 11.8 Å². The van der Waals surface area contributed by atoms with Crippen LogP contribution >= 0.6 is 43.6 Å². The lowest BCUT2D eigenvalue weighted by Gasteiger charge is -2.60. The van der Waals surface area contributed by atoms with Gasteiger partial charge < -0.3 is 0 Å². The zero-order valence-electron chi connectivity index (χ0n) is 7.56. The number of hydrogen-bond donors (Lipinski definition) is 0. The quantitative estimate of drug-likeness (QED) is 0.610. The van der Waals surface area contributed by atoms with E-state index in [2.05, 4.69) is 43.6 Å². The van der Waals surface area contributed by atoms with Gasteiger partial charge in [-0.1, -0.05) is 31.9 Å². The van der Waals surface area contributed by atoms with E-state index in [0.29, 0.717) is 0 Å². The molecule has 0 bridgehead atoms. The lowest BCUT2D eigenvalue weighted by Crippen LogP contribution is -2.57. The molecule has 0 amide bonds. The average Bonchev–Trinajstić information content (AvgIpc) is 2.33. The van der Waals surface area contributed by atoms with Crippen LogP contribution in [0.15, 0.2) is 0 Å². The van der Waals surface area contributed by atoms with E-state index in [-0.39, 0.29) is 0 Å². The van der Waals surface area contributed by atoms with Crippen LogP contribution in [0.1, 0.15) is 25.7 Å². The highest BCUT2D eigenvalue weighted by atomic mass is 79.9. The third-order valence-electron chi connectivity index (χ3n) is 4.53. The fourth-order valence-electron chi connectivity index (χ4n) is 3.48. The molecule has 0 nitrogen and oxygen atoms in total. The summed E-state index contributed by atoms with van der Waals surface area (Å²) in [6, 6.07) is 0. The smallest absolute Gasteiger partial charge is 0.0277 e. The second-order valence-corrected chi connectivity index (χ2v) is 8.33. The molecule has 1 heterocycles. The van der Waals surface area contributed by atoms with Crippen LogP contribution in [0, 0.1) is 10.8 Å². The lowest BCUT2D eigenvalue weighted by molar-refractivity contribution is -0.0640. The molecule has 4 unspecified atom stereocenters. The second kappa shape index (κ2) is 2.91. The molecule has 2 saturated carbocycles. The molecule has 1 saturated heterocycles. The van der Waals surface area contributed by atoms with Gasteiger partial charge in [0.1, 0.15) is 0 Å². The number of thioether (sulfide) groups is 1. The molecule has 3 aliphatic rings. The van der Waals surface area contributed by atoms with Crippen LogP contribution < -0.4 is 0 Å². The first-order chi connectivity index (χ1) is 6.18. The van der Waals surface area contributed by atoms with Crippen molar-refractivity contribution in [2.24, 2.45) is 10.8 Å². The fourth-order valence-corrected chi connectivity index (χ4v) is 7.12. The molecule has 3 heteroatoms. The molecule has 0 radical (unpaired) electrons. The van der Waals surface area contributed by atoms with E-state index < -0.39 is 0 Å². The summed E-state index contributed by atoms with van der Waals surface area (Å²) in [4.78, 5) is 1.44. The Bertz CT molecular complexity index is 221. The molecule has 2 aliphatic carbocycles. The Morgan fingerprint density at radius 3 is 1.77 bits per heavy atom. The van der Waals surface area contributed by atoms with Gasteiger partial charge in [-0.05, 0) is 48.0 Å². The van der Waals surface area contributed by atoms with Gasteiger partial charge in [0.15, 0.2) is 0 Å². The lowest BCUT2D eigenvalue weighted by atomic mass is 9.46. The fraction of sp³-hybridized carbons (Fsp3) is 1.00. The molecule has 3 rings (SSSR count). The zero-order valence-corrected chi connectivity index (χ0v) is 11.6. The largest absolute Gasteiger partial charge is 0.161 e. The van der Waals surface area contributed by atoms with Crippen molar-refractivity contribution in [1.29, 1.82) is 0 Å². The van der Waals surface area contributed by atoms with E-state index in [1.54, 1.807) is 0 Å². The van der Waals surface area contributed by atoms with Gasteiger partial charge in [0.05, 0.1) is 0 Å². The molecule has 0 aromatic rings. The Hall–Kier alpha value is 1.31. The molecule has 0 N–H and O–H groups in total. The van der Waals surface area contributed by atoms with Crippen molar-refractivity contribution in [2.75, 3.05) is 11.5 Å². The van der Waals surface area contributed by atoms with Crippen LogP contribution in [0.2, 0.25) is 0 Å². The van der Waals surface area contributed by atoms with Crippen LogP contribution in [0.4, 0.5) is 0 Å². The van der Waals surface area contributed by atoms with Crippen LogP contribution in [-0.2, 0) is 0 Å². The molecular weight excluding hydrogens is 312 g/mol. The molecule has 0 spiro atoms. The minimum atomic E-state index is 0.722. The Kier molecular flexibility index (Phi) is 2.14. The standard InChI is InChI=1S/C10H14Br2S/c11-7-3-9-1-2-10(9,4-8(7)12)6-13-5-9/h7-8H,1-6H2. The number of hydrogen-bond acceptors (Lipinski definition) is 1. The predicted molar refractivity (Wildman–Crippen MR) is 66.1 cm³/mol. The molecule has 74 valence electrons. The maximum absolute atomic E-state index is 3.83. The highest BCUT2D eigenvalue weighted by Crippen LogP contribution is 2.71. The summed E-state index contributed by atoms with van der Waals surface area (Å²) < 4.78 is 0. The Labute approximate surface area is 101 Å². The highest BCUT2D eigenvalue weighted by Gasteiger charge is 2.64. The Morgan fingerprint density at radius 1 is 0.923 bits per heavy atom. The van der Waals surface area contributed by atoms with Gasteiger partial charge in [0.2, 0.25) is 0 Å². The van der Waals surface area contributed by atoms with Crippen molar-refractivity contribution >= 4 is 43.6 Å². The van der Waals surface area contributed by atoms with E-state index in [0.717, 1.165) is 20.5 Å². The predicted octanol–water partition coefficient (Wildman–Crippen LogP) is 3.82. The normalized spacial score (nSPS) is 59.5. The SMILES string of the molecule is BrC1CC23CCC2(CSC3)CC1Br. The minimum Gasteiger partial charge on any atom is -0.161 e. The highest BCUT2D eigenvalue weighted by molar-refractivity contribution is 9.12. The summed E-state index contributed by atoms with van der Waals surface area (Å²) in [5.41, 5.74) is 1.49. The summed E-state index contributed by atoms with van der Waals surface area (Å²) in [6.45, 7) is 0. The number of alkyl halides is 2. The topological polar surface area (TPSA) is 0 Å². The Balaban J connectivity index is 1.92. The average molecular weight is 326 g/mol. The van der Waals surface area contributed by atoms with Crippen molar-refractivity contribution < 1.29 is 0 Å². The van der Waals surface area contributed by atoms with Gasteiger partial charge in [-0.15, -0.1) is 0 Å². The van der Waals surface area contributed by atoms with E-state index in [1.807, 2.05) is 0 Å². The summed E-state index contributed by atoms with van der Waals surface area (Å²) >= 11 is 9.86. The molecular formula is C10H14Br2S. The first kappa shape index (κ1) is 9.53. The van der Waals surface area contributed by atoms with Crippen molar-refractivity contribution in [1.82, 2.24) is 0 Å². The van der Waals surface area contributed by atoms with Gasteiger partial charge in [0, 0.05) is 9.65 Å². The van der Waals surface area contributed by atoms with E-state index in [4.69, 9.17) is 0 Å². The third-order valence-corrected chi connectivity index (χ3v) is 8.67. The van der Waals surface area contributed by atoms with Crippen LogP contribution in [0.25, 0.3) is 0 Å². The first-order valence-electron chi connectivity index (χ1n) is 5.03. The van der Waals surface area contributed by atoms with Crippen LogP contribution in [-0.4, -0.2) is 21.2 Å². The van der Waals surface area contributed by atoms with Gasteiger partial charge in [-0.3, -0.25) is 0 Å². The monoisotopic (exact) mass is 324 g/mol. The van der Waals surface area contributed by atoms with Gasteiger partial charge in [0.25, 0.3) is 0 Å². The number of halogens is 2. The molecule has 4 atom stereocenters. The molecule has 13 heavy (non-hydrogen) atoms. The summed E-state index contributed by atoms with van der Waals surface area (Å²) in [5, 5.41) is 0. The molecule has 0 aromatic carbocycles. The minimum absolute atomic E-state index is 0.722. The summed E-state index contributed by atoms with van der Waals surface area (Å²) in [7, 11) is 0. The van der Waals surface area contributed by atoms with E-state index in [9.17, 15) is 0 Å². The first-order valence-corrected chi connectivity index (χ1v) is 8.02. The Morgan fingerprint density at radius 2 is 1.38 bits per heavy atom. The van der Waals surface area contributed by atoms with E-state index >= 15 is 0 Å². The van der Waals surface area contributed by atoms with Crippen molar-refractivity contribution in [3.8, 4) is 0 Å². The maximum atomic E-state index is 3.83. The maximum Gasteiger partial charge on any atom is 0.0277 e. The van der Waals surface area contributed by atoms with Gasteiger partial charge >= 0.3 is 0 Å². The molecule has 1 aliphatic heterocycles. The summed E-state index contributed by atoms with van der Waals surface area (Å²) in [6.07, 6.45) is 5.83. The van der Waals surface area contributed by atoms with Gasteiger partial charge in [-0.25, -0.2) is 0 Å².